The van der Waals surface area contributed by atoms with Crippen molar-refractivity contribution in [2.45, 2.75) is 40.7 Å². The first kappa shape index (κ1) is 13.7. The summed E-state index contributed by atoms with van der Waals surface area (Å²) >= 11 is 0. The van der Waals surface area contributed by atoms with Crippen molar-refractivity contribution >= 4 is 5.69 Å². The first-order valence-electron chi connectivity index (χ1n) is 6.87. The van der Waals surface area contributed by atoms with E-state index in [9.17, 15) is 0 Å². The summed E-state index contributed by atoms with van der Waals surface area (Å²) in [5.41, 5.74) is 7.82. The molecule has 1 atom stereocenters. The molecule has 0 heterocycles. The molecule has 100 valence electrons. The normalized spacial score (nSPS) is 12.3. The Bertz CT molecular complexity index is 564. The van der Waals surface area contributed by atoms with Crippen LogP contribution in [0, 0.1) is 27.7 Å². The summed E-state index contributed by atoms with van der Waals surface area (Å²) in [5, 5.41) is 3.61. The van der Waals surface area contributed by atoms with Crippen LogP contribution in [0.4, 0.5) is 5.69 Å². The van der Waals surface area contributed by atoms with Gasteiger partial charge in [0, 0.05) is 11.7 Å². The fraction of sp³-hybridized carbons (Fsp3) is 0.333. The van der Waals surface area contributed by atoms with Gasteiger partial charge in [0.15, 0.2) is 0 Å². The molecule has 0 amide bonds. The second kappa shape index (κ2) is 5.48. The van der Waals surface area contributed by atoms with Crippen LogP contribution in [0.15, 0.2) is 36.4 Å². The van der Waals surface area contributed by atoms with E-state index < -0.39 is 0 Å². The second-order valence-corrected chi connectivity index (χ2v) is 5.61. The molecule has 0 aliphatic carbocycles. The van der Waals surface area contributed by atoms with Gasteiger partial charge in [-0.2, -0.15) is 0 Å². The molecular weight excluding hydrogens is 230 g/mol. The molecule has 0 bridgehead atoms. The number of rotatable bonds is 3. The Morgan fingerprint density at radius 3 is 2.00 bits per heavy atom. The highest BCUT2D eigenvalue weighted by Crippen LogP contribution is 2.24. The van der Waals surface area contributed by atoms with Gasteiger partial charge in [0.25, 0.3) is 0 Å². The van der Waals surface area contributed by atoms with E-state index in [4.69, 9.17) is 0 Å². The van der Waals surface area contributed by atoms with Crippen molar-refractivity contribution in [2.75, 3.05) is 5.32 Å². The minimum Gasteiger partial charge on any atom is -0.378 e. The summed E-state index contributed by atoms with van der Waals surface area (Å²) in [6, 6.07) is 13.6. The lowest BCUT2D eigenvalue weighted by molar-refractivity contribution is 0.878. The summed E-state index contributed by atoms with van der Waals surface area (Å²) in [7, 11) is 0. The number of hydrogen-bond acceptors (Lipinski definition) is 1. The van der Waals surface area contributed by atoms with Crippen LogP contribution in [0.2, 0.25) is 0 Å². The second-order valence-electron chi connectivity index (χ2n) is 5.61. The molecule has 2 aromatic rings. The quantitative estimate of drug-likeness (QED) is 0.803. The average Bonchev–Trinajstić information content (AvgIpc) is 2.31. The predicted molar refractivity (Wildman–Crippen MR) is 83.9 cm³/mol. The Morgan fingerprint density at radius 2 is 1.42 bits per heavy atom. The van der Waals surface area contributed by atoms with Crippen LogP contribution in [0.1, 0.15) is 40.8 Å². The molecule has 0 aliphatic rings. The van der Waals surface area contributed by atoms with E-state index in [0.29, 0.717) is 6.04 Å². The zero-order chi connectivity index (χ0) is 14.0. The van der Waals surface area contributed by atoms with E-state index in [0.717, 1.165) is 0 Å². The molecule has 0 aliphatic heterocycles. The Hall–Kier alpha value is -1.76. The predicted octanol–water partition coefficient (Wildman–Crippen LogP) is 5.09. The lowest BCUT2D eigenvalue weighted by Gasteiger charge is -2.19. The van der Waals surface area contributed by atoms with Crippen molar-refractivity contribution in [1.29, 1.82) is 0 Å². The van der Waals surface area contributed by atoms with Gasteiger partial charge in [0.1, 0.15) is 0 Å². The van der Waals surface area contributed by atoms with Crippen LogP contribution in [0.5, 0.6) is 0 Å². The SMILES string of the molecule is Cc1cc(C)cc(C(C)Nc2ccc(C)cc2C)c1. The maximum absolute atomic E-state index is 3.61. The molecule has 2 rings (SSSR count). The van der Waals surface area contributed by atoms with Gasteiger partial charge in [-0.25, -0.2) is 0 Å². The highest BCUT2D eigenvalue weighted by molar-refractivity contribution is 5.53. The van der Waals surface area contributed by atoms with Crippen LogP contribution in [-0.2, 0) is 0 Å². The van der Waals surface area contributed by atoms with E-state index in [-0.39, 0.29) is 0 Å². The number of aryl methyl sites for hydroxylation is 4. The van der Waals surface area contributed by atoms with Gasteiger partial charge in [-0.1, -0.05) is 47.0 Å². The fourth-order valence-corrected chi connectivity index (χ4v) is 2.55. The van der Waals surface area contributed by atoms with E-state index in [1.165, 1.54) is 33.5 Å². The highest BCUT2D eigenvalue weighted by Gasteiger charge is 2.08. The largest absolute Gasteiger partial charge is 0.378 e. The van der Waals surface area contributed by atoms with Gasteiger partial charge in [-0.15, -0.1) is 0 Å². The smallest absolute Gasteiger partial charge is 0.0485 e. The molecule has 1 nitrogen and oxygen atoms in total. The monoisotopic (exact) mass is 253 g/mol. The topological polar surface area (TPSA) is 12.0 Å². The zero-order valence-electron chi connectivity index (χ0n) is 12.5. The minimum absolute atomic E-state index is 0.319. The third-order valence-electron chi connectivity index (χ3n) is 3.50. The Balaban J connectivity index is 2.22. The lowest BCUT2D eigenvalue weighted by Crippen LogP contribution is -2.08. The molecule has 0 fully saturated rings. The van der Waals surface area contributed by atoms with Crippen LogP contribution in [0.25, 0.3) is 0 Å². The van der Waals surface area contributed by atoms with E-state index >= 15 is 0 Å². The Morgan fingerprint density at radius 1 is 0.789 bits per heavy atom. The summed E-state index contributed by atoms with van der Waals surface area (Å²) in [4.78, 5) is 0. The molecule has 1 heteroatoms. The number of anilines is 1. The standard InChI is InChI=1S/C18H23N/c1-12-6-7-18(15(4)9-12)19-16(5)17-10-13(2)8-14(3)11-17/h6-11,16,19H,1-5H3. The average molecular weight is 253 g/mol. The highest BCUT2D eigenvalue weighted by atomic mass is 14.9. The first-order valence-corrected chi connectivity index (χ1v) is 6.87. The summed E-state index contributed by atoms with van der Waals surface area (Å²) in [6.07, 6.45) is 0. The molecule has 0 spiro atoms. The molecule has 0 saturated carbocycles. The van der Waals surface area contributed by atoms with Gasteiger partial charge in [0.2, 0.25) is 0 Å². The van der Waals surface area contributed by atoms with E-state index in [2.05, 4.69) is 76.3 Å². The Labute approximate surface area is 116 Å². The number of nitrogens with one attached hydrogen (secondary N) is 1. The van der Waals surface area contributed by atoms with Crippen molar-refractivity contribution < 1.29 is 0 Å². The summed E-state index contributed by atoms with van der Waals surface area (Å²) in [6.45, 7) is 10.8. The van der Waals surface area contributed by atoms with Gasteiger partial charge >= 0.3 is 0 Å². The van der Waals surface area contributed by atoms with E-state index in [1.54, 1.807) is 0 Å². The third kappa shape index (κ3) is 3.37. The number of hydrogen-bond donors (Lipinski definition) is 1. The van der Waals surface area contributed by atoms with Crippen LogP contribution >= 0.6 is 0 Å². The zero-order valence-corrected chi connectivity index (χ0v) is 12.5. The molecule has 0 saturated heterocycles. The van der Waals surface area contributed by atoms with Gasteiger partial charge in [0.05, 0.1) is 0 Å². The third-order valence-corrected chi connectivity index (χ3v) is 3.50. The molecule has 1 N–H and O–H groups in total. The molecule has 2 aromatic carbocycles. The summed E-state index contributed by atoms with van der Waals surface area (Å²) < 4.78 is 0. The maximum Gasteiger partial charge on any atom is 0.0485 e. The number of benzene rings is 2. The lowest BCUT2D eigenvalue weighted by atomic mass is 10.0. The van der Waals surface area contributed by atoms with Crippen molar-refractivity contribution in [3.05, 3.63) is 64.2 Å². The van der Waals surface area contributed by atoms with Crippen LogP contribution < -0.4 is 5.32 Å². The molecule has 0 radical (unpaired) electrons. The molecule has 19 heavy (non-hydrogen) atoms. The molecular formula is C18H23N. The van der Waals surface area contributed by atoms with E-state index in [1.807, 2.05) is 0 Å². The summed E-state index contributed by atoms with van der Waals surface area (Å²) in [5.74, 6) is 0. The Kier molecular flexibility index (Phi) is 3.94. The van der Waals surface area contributed by atoms with Crippen LogP contribution in [-0.4, -0.2) is 0 Å². The fourth-order valence-electron chi connectivity index (χ4n) is 2.55. The minimum atomic E-state index is 0.319. The van der Waals surface area contributed by atoms with Crippen molar-refractivity contribution in [2.24, 2.45) is 0 Å². The van der Waals surface area contributed by atoms with Crippen molar-refractivity contribution in [3.8, 4) is 0 Å². The molecule has 1 unspecified atom stereocenters. The first-order chi connectivity index (χ1) is 8.95. The van der Waals surface area contributed by atoms with Crippen molar-refractivity contribution in [3.63, 3.8) is 0 Å². The molecule has 0 aromatic heterocycles. The maximum atomic E-state index is 3.61. The van der Waals surface area contributed by atoms with Crippen LogP contribution in [0.3, 0.4) is 0 Å². The van der Waals surface area contributed by atoms with Gasteiger partial charge in [-0.05, 0) is 51.8 Å². The van der Waals surface area contributed by atoms with Gasteiger partial charge in [-0.3, -0.25) is 0 Å². The van der Waals surface area contributed by atoms with Gasteiger partial charge < -0.3 is 5.32 Å². The van der Waals surface area contributed by atoms with Crippen molar-refractivity contribution in [1.82, 2.24) is 0 Å².